The molecule has 1 N–H and O–H groups in total. The van der Waals surface area contributed by atoms with Gasteiger partial charge in [0.2, 0.25) is 0 Å². The van der Waals surface area contributed by atoms with Gasteiger partial charge in [-0.3, -0.25) is 14.6 Å². The molecule has 4 aromatic rings. The number of hydrogen-bond acceptors (Lipinski definition) is 7. The topological polar surface area (TPSA) is 79.5 Å². The predicted octanol–water partition coefficient (Wildman–Crippen LogP) is 4.16. The number of nitrogens with zero attached hydrogens (tertiary/aromatic N) is 6. The number of aryl methyl sites for hydroxylation is 1. The average Bonchev–Trinajstić information content (AvgIpc) is 3.54. The van der Waals surface area contributed by atoms with Crippen LogP contribution in [0.3, 0.4) is 0 Å². The van der Waals surface area contributed by atoms with Gasteiger partial charge in [0.15, 0.2) is 0 Å². The highest BCUT2D eigenvalue weighted by Crippen LogP contribution is 2.32. The van der Waals surface area contributed by atoms with Crippen LogP contribution in [0.5, 0.6) is 5.75 Å². The second kappa shape index (κ2) is 10.6. The molecule has 2 aromatic carbocycles. The molecule has 0 saturated carbocycles. The first-order valence-corrected chi connectivity index (χ1v) is 12.3. The molecule has 1 atom stereocenters. The molecule has 0 amide bonds. The summed E-state index contributed by atoms with van der Waals surface area (Å²) in [6.07, 6.45) is 8.42. The fourth-order valence-corrected chi connectivity index (χ4v) is 4.92. The van der Waals surface area contributed by atoms with Gasteiger partial charge in [-0.25, -0.2) is 9.37 Å². The summed E-state index contributed by atoms with van der Waals surface area (Å²) in [6, 6.07) is 10.9. The van der Waals surface area contributed by atoms with Crippen LogP contribution >= 0.6 is 0 Å². The normalized spacial score (nSPS) is 16.1. The van der Waals surface area contributed by atoms with Crippen LogP contribution in [0, 0.1) is 5.82 Å². The fraction of sp³-hybridized carbons (Fsp3) is 0.370. The molecular formula is C27H31FN6O2. The molecule has 0 aliphatic carbocycles. The Morgan fingerprint density at radius 1 is 1.14 bits per heavy atom. The van der Waals surface area contributed by atoms with Gasteiger partial charge in [-0.2, -0.15) is 5.10 Å². The van der Waals surface area contributed by atoms with E-state index < -0.39 is 0 Å². The number of aliphatic hydroxyl groups excluding tert-OH is 1. The van der Waals surface area contributed by atoms with Gasteiger partial charge in [0.1, 0.15) is 11.6 Å². The Balaban J connectivity index is 1.47. The smallest absolute Gasteiger partial charge is 0.128 e. The summed E-state index contributed by atoms with van der Waals surface area (Å²) in [7, 11) is 3.41. The summed E-state index contributed by atoms with van der Waals surface area (Å²) in [5.74, 6) is 0.114. The summed E-state index contributed by atoms with van der Waals surface area (Å²) in [5, 5.41) is 13.9. The van der Waals surface area contributed by atoms with E-state index in [0.717, 1.165) is 60.3 Å². The Morgan fingerprint density at radius 3 is 2.81 bits per heavy atom. The number of fused-ring (bicyclic) bond motifs is 1. The molecule has 0 spiro atoms. The molecule has 1 aliphatic rings. The van der Waals surface area contributed by atoms with Crippen LogP contribution in [0.4, 0.5) is 15.8 Å². The molecule has 1 fully saturated rings. The highest BCUT2D eigenvalue weighted by molar-refractivity contribution is 5.82. The van der Waals surface area contributed by atoms with Gasteiger partial charge < -0.3 is 14.7 Å². The Morgan fingerprint density at radius 2 is 2.03 bits per heavy atom. The molecule has 36 heavy (non-hydrogen) atoms. The van der Waals surface area contributed by atoms with Crippen molar-refractivity contribution in [3.63, 3.8) is 0 Å². The molecular weight excluding hydrogens is 459 g/mol. The molecule has 9 heteroatoms. The van der Waals surface area contributed by atoms with E-state index in [0.29, 0.717) is 18.0 Å². The quantitative estimate of drug-likeness (QED) is 0.377. The van der Waals surface area contributed by atoms with E-state index in [4.69, 9.17) is 9.72 Å². The SMILES string of the molecule is COc1cc(F)cc(N(CCCN2CCCC2CO)c2ccc3ncc(-c4cnn(C)c4)nc3c2)c1. The van der Waals surface area contributed by atoms with E-state index in [1.54, 1.807) is 17.1 Å². The van der Waals surface area contributed by atoms with Crippen LogP contribution in [0.25, 0.3) is 22.3 Å². The number of ether oxygens (including phenoxy) is 1. The lowest BCUT2D eigenvalue weighted by molar-refractivity contribution is 0.158. The van der Waals surface area contributed by atoms with Crippen LogP contribution in [0.1, 0.15) is 19.3 Å². The third-order valence-corrected chi connectivity index (χ3v) is 6.78. The van der Waals surface area contributed by atoms with Gasteiger partial charge in [0.05, 0.1) is 42.8 Å². The molecule has 1 unspecified atom stereocenters. The molecule has 1 aliphatic heterocycles. The van der Waals surface area contributed by atoms with Crippen LogP contribution in [0.2, 0.25) is 0 Å². The van der Waals surface area contributed by atoms with Gasteiger partial charge in [0, 0.05) is 61.4 Å². The number of benzene rings is 2. The van der Waals surface area contributed by atoms with E-state index in [9.17, 15) is 9.50 Å². The number of aliphatic hydroxyl groups is 1. The molecule has 2 aromatic heterocycles. The van der Waals surface area contributed by atoms with Crippen molar-refractivity contribution >= 4 is 22.4 Å². The number of rotatable bonds is 9. The summed E-state index contributed by atoms with van der Waals surface area (Å²) in [4.78, 5) is 13.9. The van der Waals surface area contributed by atoms with Crippen molar-refractivity contribution in [1.82, 2.24) is 24.6 Å². The van der Waals surface area contributed by atoms with Gasteiger partial charge in [0.25, 0.3) is 0 Å². The Kier molecular flexibility index (Phi) is 7.11. The van der Waals surface area contributed by atoms with E-state index in [-0.39, 0.29) is 18.5 Å². The first kappa shape index (κ1) is 24.1. The van der Waals surface area contributed by atoms with E-state index in [1.165, 1.54) is 19.2 Å². The largest absolute Gasteiger partial charge is 0.497 e. The monoisotopic (exact) mass is 490 g/mol. The molecule has 0 bridgehead atoms. The number of aromatic nitrogens is 4. The highest BCUT2D eigenvalue weighted by Gasteiger charge is 2.23. The van der Waals surface area contributed by atoms with Crippen molar-refractivity contribution in [3.05, 3.63) is 60.8 Å². The average molecular weight is 491 g/mol. The minimum atomic E-state index is -0.353. The minimum Gasteiger partial charge on any atom is -0.497 e. The standard InChI is InChI=1S/C27H31FN6O2/c1-32-17-19(15-30-32)27-16-29-25-7-6-21(14-26(25)31-27)34(23-11-20(28)12-24(13-23)36-2)10-4-9-33-8-3-5-22(33)18-35/h6-7,11-17,22,35H,3-5,8-10,18H2,1-2H3. The summed E-state index contributed by atoms with van der Waals surface area (Å²) in [6.45, 7) is 2.73. The van der Waals surface area contributed by atoms with Crippen molar-refractivity contribution in [2.45, 2.75) is 25.3 Å². The predicted molar refractivity (Wildman–Crippen MR) is 138 cm³/mol. The lowest BCUT2D eigenvalue weighted by atomic mass is 10.1. The molecule has 1 saturated heterocycles. The minimum absolute atomic E-state index is 0.188. The zero-order valence-electron chi connectivity index (χ0n) is 20.6. The number of hydrogen-bond donors (Lipinski definition) is 1. The highest BCUT2D eigenvalue weighted by atomic mass is 19.1. The number of methoxy groups -OCH3 is 1. The molecule has 188 valence electrons. The van der Waals surface area contributed by atoms with E-state index in [2.05, 4.69) is 19.9 Å². The summed E-state index contributed by atoms with van der Waals surface area (Å²) in [5.41, 5.74) is 4.78. The van der Waals surface area contributed by atoms with Crippen LogP contribution in [-0.4, -0.2) is 69.1 Å². The second-order valence-corrected chi connectivity index (χ2v) is 9.20. The second-order valence-electron chi connectivity index (χ2n) is 9.20. The molecule has 8 nitrogen and oxygen atoms in total. The van der Waals surface area contributed by atoms with Crippen LogP contribution < -0.4 is 9.64 Å². The summed E-state index contributed by atoms with van der Waals surface area (Å²) < 4.78 is 21.6. The van der Waals surface area contributed by atoms with Gasteiger partial charge in [-0.05, 0) is 50.1 Å². The van der Waals surface area contributed by atoms with Crippen molar-refractivity contribution in [2.24, 2.45) is 7.05 Å². The maximum Gasteiger partial charge on any atom is 0.128 e. The Bertz CT molecular complexity index is 1340. The van der Waals surface area contributed by atoms with Crippen molar-refractivity contribution < 1.29 is 14.2 Å². The van der Waals surface area contributed by atoms with Crippen molar-refractivity contribution in [2.75, 3.05) is 38.3 Å². The Labute approximate surface area is 210 Å². The zero-order chi connectivity index (χ0) is 25.1. The van der Waals surface area contributed by atoms with E-state index in [1.807, 2.05) is 37.5 Å². The van der Waals surface area contributed by atoms with Crippen LogP contribution in [0.15, 0.2) is 55.0 Å². The molecule has 3 heterocycles. The van der Waals surface area contributed by atoms with Gasteiger partial charge in [-0.15, -0.1) is 0 Å². The third kappa shape index (κ3) is 5.17. The molecule has 0 radical (unpaired) electrons. The van der Waals surface area contributed by atoms with Gasteiger partial charge in [-0.1, -0.05) is 0 Å². The fourth-order valence-electron chi connectivity index (χ4n) is 4.92. The number of anilines is 2. The molecule has 5 rings (SSSR count). The van der Waals surface area contributed by atoms with Crippen LogP contribution in [-0.2, 0) is 7.05 Å². The lowest BCUT2D eigenvalue weighted by Crippen LogP contribution is -2.34. The summed E-state index contributed by atoms with van der Waals surface area (Å²) >= 11 is 0. The first-order valence-electron chi connectivity index (χ1n) is 12.3. The third-order valence-electron chi connectivity index (χ3n) is 6.78. The zero-order valence-corrected chi connectivity index (χ0v) is 20.6. The van der Waals surface area contributed by atoms with E-state index >= 15 is 0 Å². The van der Waals surface area contributed by atoms with Crippen molar-refractivity contribution in [3.8, 4) is 17.0 Å². The Hall–Kier alpha value is -3.56. The van der Waals surface area contributed by atoms with Gasteiger partial charge >= 0.3 is 0 Å². The van der Waals surface area contributed by atoms with Crippen molar-refractivity contribution in [1.29, 1.82) is 0 Å². The maximum absolute atomic E-state index is 14.5. The number of halogens is 1. The maximum atomic E-state index is 14.5. The lowest BCUT2D eigenvalue weighted by Gasteiger charge is -2.28. The first-order chi connectivity index (χ1) is 17.5. The number of likely N-dealkylation sites (tertiary alicyclic amines) is 1.